The average molecular weight is 376 g/mol. The molecule has 0 unspecified atom stereocenters. The van der Waals surface area contributed by atoms with Gasteiger partial charge in [0.1, 0.15) is 6.54 Å². The summed E-state index contributed by atoms with van der Waals surface area (Å²) in [5.74, 6) is -0.298. The second-order valence-corrected chi connectivity index (χ2v) is 7.10. The number of fused-ring (bicyclic) bond motifs is 1. The Morgan fingerprint density at radius 3 is 2.74 bits per heavy atom. The van der Waals surface area contributed by atoms with Crippen LogP contribution in [0.25, 0.3) is 22.2 Å². The molecule has 0 saturated carbocycles. The van der Waals surface area contributed by atoms with E-state index in [-0.39, 0.29) is 18.0 Å². The summed E-state index contributed by atoms with van der Waals surface area (Å²) >= 11 is 1.55. The number of anilines is 1. The zero-order valence-corrected chi connectivity index (χ0v) is 15.4. The Kier molecular flexibility index (Phi) is 4.52. The van der Waals surface area contributed by atoms with E-state index in [4.69, 9.17) is 0 Å². The lowest BCUT2D eigenvalue weighted by atomic mass is 10.1. The summed E-state index contributed by atoms with van der Waals surface area (Å²) in [7, 11) is 0. The monoisotopic (exact) mass is 376 g/mol. The summed E-state index contributed by atoms with van der Waals surface area (Å²) < 4.78 is 1.31. The zero-order valence-electron chi connectivity index (χ0n) is 14.5. The molecule has 134 valence electrons. The maximum atomic E-state index is 12.5. The summed E-state index contributed by atoms with van der Waals surface area (Å²) in [5.41, 5.74) is 2.70. The quantitative estimate of drug-likeness (QED) is 0.592. The summed E-state index contributed by atoms with van der Waals surface area (Å²) in [6, 6.07) is 14.6. The normalized spacial score (nSPS) is 10.9. The van der Waals surface area contributed by atoms with Gasteiger partial charge < -0.3 is 5.32 Å². The number of carbonyl (C=O) groups excluding carboxylic acids is 1. The zero-order chi connectivity index (χ0) is 18.8. The predicted octanol–water partition coefficient (Wildman–Crippen LogP) is 3.47. The number of para-hydroxylation sites is 2. The van der Waals surface area contributed by atoms with Crippen LogP contribution in [0, 0.1) is 6.92 Å². The highest BCUT2D eigenvalue weighted by Gasteiger charge is 2.12. The van der Waals surface area contributed by atoms with Crippen LogP contribution >= 0.6 is 11.3 Å². The van der Waals surface area contributed by atoms with Crippen LogP contribution in [0.3, 0.4) is 0 Å². The fourth-order valence-electron chi connectivity index (χ4n) is 2.87. The minimum atomic E-state index is -0.298. The number of aromatic nitrogens is 3. The fourth-order valence-corrected chi connectivity index (χ4v) is 3.48. The van der Waals surface area contributed by atoms with Crippen molar-refractivity contribution in [3.8, 4) is 11.3 Å². The molecule has 1 N–H and O–H groups in total. The molecule has 0 saturated heterocycles. The molecule has 1 amide bonds. The Hall–Kier alpha value is -3.32. The topological polar surface area (TPSA) is 76.9 Å². The van der Waals surface area contributed by atoms with Crippen molar-refractivity contribution < 1.29 is 4.79 Å². The Morgan fingerprint density at radius 1 is 1.15 bits per heavy atom. The van der Waals surface area contributed by atoms with Crippen molar-refractivity contribution in [3.05, 3.63) is 75.6 Å². The van der Waals surface area contributed by atoms with Gasteiger partial charge in [-0.3, -0.25) is 14.2 Å². The van der Waals surface area contributed by atoms with E-state index in [0.717, 1.165) is 16.3 Å². The van der Waals surface area contributed by atoms with Crippen LogP contribution in [0.15, 0.2) is 65.0 Å². The Bertz CT molecular complexity index is 1200. The number of nitrogens with zero attached hydrogens (tertiary/aromatic N) is 3. The average Bonchev–Trinajstić information content (AvgIpc) is 3.11. The van der Waals surface area contributed by atoms with Crippen molar-refractivity contribution in [1.82, 2.24) is 14.5 Å². The van der Waals surface area contributed by atoms with Gasteiger partial charge in [0, 0.05) is 10.9 Å². The number of hydrogen-bond acceptors (Lipinski definition) is 5. The third-order valence-corrected chi connectivity index (χ3v) is 4.92. The van der Waals surface area contributed by atoms with Gasteiger partial charge in [-0.15, -0.1) is 11.3 Å². The molecule has 6 nitrogen and oxygen atoms in total. The van der Waals surface area contributed by atoms with Gasteiger partial charge in [0.25, 0.3) is 5.56 Å². The molecule has 0 aliphatic heterocycles. The van der Waals surface area contributed by atoms with Gasteiger partial charge in [-0.25, -0.2) is 9.97 Å². The summed E-state index contributed by atoms with van der Waals surface area (Å²) in [6.45, 7) is 1.83. The fraction of sp³-hybridized carbons (Fsp3) is 0.100. The van der Waals surface area contributed by atoms with E-state index < -0.39 is 0 Å². The van der Waals surface area contributed by atoms with Gasteiger partial charge in [-0.05, 0) is 25.1 Å². The molecule has 27 heavy (non-hydrogen) atoms. The number of carbonyl (C=O) groups is 1. The number of benzene rings is 2. The molecule has 0 aliphatic rings. The summed E-state index contributed by atoms with van der Waals surface area (Å²) in [5, 5.41) is 6.29. The first-order chi connectivity index (χ1) is 13.1. The van der Waals surface area contributed by atoms with Crippen LogP contribution in [0.1, 0.15) is 5.01 Å². The molecule has 0 radical (unpaired) electrons. The number of hydrogen-bond donors (Lipinski definition) is 1. The van der Waals surface area contributed by atoms with E-state index in [2.05, 4.69) is 15.3 Å². The lowest BCUT2D eigenvalue weighted by molar-refractivity contribution is -0.116. The number of aryl methyl sites for hydroxylation is 1. The molecule has 7 heteroatoms. The van der Waals surface area contributed by atoms with Gasteiger partial charge in [0.05, 0.1) is 33.6 Å². The van der Waals surface area contributed by atoms with E-state index in [1.807, 2.05) is 42.6 Å². The third kappa shape index (κ3) is 3.50. The van der Waals surface area contributed by atoms with Crippen LogP contribution < -0.4 is 10.9 Å². The predicted molar refractivity (Wildman–Crippen MR) is 107 cm³/mol. The molecule has 4 aromatic rings. The lowest BCUT2D eigenvalue weighted by Crippen LogP contribution is -2.28. The van der Waals surface area contributed by atoms with Crippen molar-refractivity contribution in [2.24, 2.45) is 0 Å². The molecular formula is C20H16N4O2S. The molecule has 2 aromatic carbocycles. The maximum Gasteiger partial charge on any atom is 0.261 e. The van der Waals surface area contributed by atoms with Crippen molar-refractivity contribution in [2.45, 2.75) is 13.5 Å². The van der Waals surface area contributed by atoms with Crippen molar-refractivity contribution in [1.29, 1.82) is 0 Å². The van der Waals surface area contributed by atoms with E-state index in [1.165, 1.54) is 10.9 Å². The molecule has 0 bridgehead atoms. The molecule has 2 aromatic heterocycles. The smallest absolute Gasteiger partial charge is 0.261 e. The van der Waals surface area contributed by atoms with Gasteiger partial charge in [-0.2, -0.15) is 0 Å². The largest absolute Gasteiger partial charge is 0.324 e. The van der Waals surface area contributed by atoms with E-state index >= 15 is 0 Å². The van der Waals surface area contributed by atoms with Crippen LogP contribution in [0.4, 0.5) is 5.69 Å². The first-order valence-electron chi connectivity index (χ1n) is 8.37. The van der Waals surface area contributed by atoms with Crippen molar-refractivity contribution in [2.75, 3.05) is 5.32 Å². The van der Waals surface area contributed by atoms with Crippen LogP contribution in [0.2, 0.25) is 0 Å². The third-order valence-electron chi connectivity index (χ3n) is 4.14. The highest BCUT2D eigenvalue weighted by Crippen LogP contribution is 2.28. The number of thiazole rings is 1. The number of amides is 1. The van der Waals surface area contributed by atoms with E-state index in [1.54, 1.807) is 29.5 Å². The molecule has 2 heterocycles. The second-order valence-electron chi connectivity index (χ2n) is 6.04. The summed E-state index contributed by atoms with van der Waals surface area (Å²) in [6.07, 6.45) is 1.40. The Balaban J connectivity index is 1.59. The van der Waals surface area contributed by atoms with Gasteiger partial charge in [0.2, 0.25) is 5.91 Å². The molecule has 0 fully saturated rings. The molecule has 0 aliphatic carbocycles. The molecule has 0 atom stereocenters. The number of nitrogens with one attached hydrogen (secondary N) is 1. The standard InChI is InChI=1S/C20H16N4O2S/c1-13-22-18(11-27-13)14-6-2-5-9-17(14)23-19(25)10-24-12-21-16-8-4-3-7-15(16)20(24)26/h2-9,11-12H,10H2,1H3,(H,23,25). The molecule has 4 rings (SSSR count). The van der Waals surface area contributed by atoms with Crippen LogP contribution in [-0.2, 0) is 11.3 Å². The van der Waals surface area contributed by atoms with Gasteiger partial charge >= 0.3 is 0 Å². The first kappa shape index (κ1) is 17.1. The molecular weight excluding hydrogens is 360 g/mol. The number of rotatable bonds is 4. The van der Waals surface area contributed by atoms with Gasteiger partial charge in [0.15, 0.2) is 0 Å². The summed E-state index contributed by atoms with van der Waals surface area (Å²) in [4.78, 5) is 33.8. The Morgan fingerprint density at radius 2 is 1.93 bits per heavy atom. The lowest BCUT2D eigenvalue weighted by Gasteiger charge is -2.11. The minimum Gasteiger partial charge on any atom is -0.324 e. The Labute approximate surface area is 159 Å². The highest BCUT2D eigenvalue weighted by atomic mass is 32.1. The SMILES string of the molecule is Cc1nc(-c2ccccc2NC(=O)Cn2cnc3ccccc3c2=O)cs1. The minimum absolute atomic E-state index is 0.110. The van der Waals surface area contributed by atoms with E-state index in [9.17, 15) is 9.59 Å². The van der Waals surface area contributed by atoms with E-state index in [0.29, 0.717) is 16.6 Å². The van der Waals surface area contributed by atoms with Crippen molar-refractivity contribution in [3.63, 3.8) is 0 Å². The highest BCUT2D eigenvalue weighted by molar-refractivity contribution is 7.09. The van der Waals surface area contributed by atoms with Gasteiger partial charge in [-0.1, -0.05) is 30.3 Å². The molecule has 0 spiro atoms. The first-order valence-corrected chi connectivity index (χ1v) is 9.25. The maximum absolute atomic E-state index is 12.5. The van der Waals surface area contributed by atoms with Crippen LogP contribution in [-0.4, -0.2) is 20.4 Å². The van der Waals surface area contributed by atoms with Crippen LogP contribution in [0.5, 0.6) is 0 Å². The second kappa shape index (κ2) is 7.13. The van der Waals surface area contributed by atoms with Crippen molar-refractivity contribution >= 4 is 33.8 Å².